The van der Waals surface area contributed by atoms with Gasteiger partial charge in [-0.1, -0.05) is 18.2 Å². The van der Waals surface area contributed by atoms with Crippen molar-refractivity contribution in [1.29, 1.82) is 0 Å². The monoisotopic (exact) mass is 409 g/mol. The molecule has 0 unspecified atom stereocenters. The van der Waals surface area contributed by atoms with E-state index in [1.54, 1.807) is 46.6 Å². The Morgan fingerprint density at radius 3 is 2.52 bits per heavy atom. The normalized spacial score (nSPS) is 15.2. The van der Waals surface area contributed by atoms with E-state index in [2.05, 4.69) is 11.6 Å². The third kappa shape index (κ3) is 3.74. The Balaban J connectivity index is 1.39. The van der Waals surface area contributed by atoms with Crippen molar-refractivity contribution in [2.45, 2.75) is 38.5 Å². The van der Waals surface area contributed by atoms with Crippen molar-refractivity contribution in [3.8, 4) is 0 Å². The van der Waals surface area contributed by atoms with E-state index in [0.29, 0.717) is 24.1 Å². The molecule has 150 valence electrons. The Bertz CT molecular complexity index is 923. The van der Waals surface area contributed by atoms with Gasteiger partial charge in [-0.25, -0.2) is 4.98 Å². The van der Waals surface area contributed by atoms with E-state index >= 15 is 0 Å². The number of thiazole rings is 1. The lowest BCUT2D eigenvalue weighted by molar-refractivity contribution is -0.118. The number of fused-ring (bicyclic) bond motifs is 2. The number of benzene rings is 1. The van der Waals surface area contributed by atoms with Gasteiger partial charge in [-0.05, 0) is 44.2 Å². The van der Waals surface area contributed by atoms with E-state index in [4.69, 9.17) is 0 Å². The van der Waals surface area contributed by atoms with Crippen LogP contribution in [0.2, 0.25) is 0 Å². The molecular formula is C22H23N3O3S. The minimum atomic E-state index is -0.284. The van der Waals surface area contributed by atoms with Crippen LogP contribution in [0.25, 0.3) is 0 Å². The average molecular weight is 410 g/mol. The molecule has 7 heteroatoms. The molecular weight excluding hydrogens is 386 g/mol. The number of aromatic nitrogens is 1. The van der Waals surface area contributed by atoms with Crippen LogP contribution in [0, 0.1) is 0 Å². The fraction of sp³-hybridized carbons (Fsp3) is 0.364. The van der Waals surface area contributed by atoms with E-state index in [1.807, 2.05) is 0 Å². The summed E-state index contributed by atoms with van der Waals surface area (Å²) in [6.45, 7) is 4.39. The van der Waals surface area contributed by atoms with Gasteiger partial charge in [0.25, 0.3) is 11.8 Å². The predicted molar refractivity (Wildman–Crippen MR) is 112 cm³/mol. The summed E-state index contributed by atoms with van der Waals surface area (Å²) in [5.74, 6) is -0.630. The lowest BCUT2D eigenvalue weighted by Crippen LogP contribution is -2.34. The highest BCUT2D eigenvalue weighted by molar-refractivity contribution is 7.16. The van der Waals surface area contributed by atoms with Crippen LogP contribution >= 0.6 is 11.3 Å². The molecule has 0 fully saturated rings. The zero-order valence-corrected chi connectivity index (χ0v) is 17.0. The van der Waals surface area contributed by atoms with Crippen LogP contribution in [0.15, 0.2) is 36.9 Å². The highest BCUT2D eigenvalue weighted by Gasteiger charge is 2.34. The van der Waals surface area contributed by atoms with Gasteiger partial charge < -0.3 is 0 Å². The maximum Gasteiger partial charge on any atom is 0.261 e. The van der Waals surface area contributed by atoms with Gasteiger partial charge in [0.15, 0.2) is 5.13 Å². The van der Waals surface area contributed by atoms with Crippen LogP contribution in [0.3, 0.4) is 0 Å². The molecule has 2 aliphatic rings. The fourth-order valence-corrected chi connectivity index (χ4v) is 5.01. The Kier molecular flexibility index (Phi) is 5.58. The molecule has 0 atom stereocenters. The van der Waals surface area contributed by atoms with Gasteiger partial charge in [0.2, 0.25) is 5.91 Å². The van der Waals surface area contributed by atoms with Gasteiger partial charge in [0, 0.05) is 24.4 Å². The second kappa shape index (κ2) is 8.29. The lowest BCUT2D eigenvalue weighted by atomic mass is 10.0. The average Bonchev–Trinajstić information content (AvgIpc) is 3.27. The molecule has 1 aromatic heterocycles. The molecule has 1 aliphatic carbocycles. The van der Waals surface area contributed by atoms with Gasteiger partial charge in [0.05, 0.1) is 16.8 Å². The third-order valence-electron chi connectivity index (χ3n) is 5.33. The molecule has 1 aliphatic heterocycles. The number of hydrogen-bond donors (Lipinski definition) is 0. The van der Waals surface area contributed by atoms with Crippen molar-refractivity contribution in [3.05, 3.63) is 58.6 Å². The van der Waals surface area contributed by atoms with Crippen LogP contribution in [-0.2, 0) is 17.6 Å². The van der Waals surface area contributed by atoms with Crippen molar-refractivity contribution in [3.63, 3.8) is 0 Å². The summed E-state index contributed by atoms with van der Waals surface area (Å²) in [5.41, 5.74) is 1.99. The van der Waals surface area contributed by atoms with Crippen molar-refractivity contribution in [1.82, 2.24) is 9.88 Å². The highest BCUT2D eigenvalue weighted by atomic mass is 32.1. The molecule has 0 N–H and O–H groups in total. The van der Waals surface area contributed by atoms with E-state index in [-0.39, 0.29) is 30.7 Å². The van der Waals surface area contributed by atoms with Crippen LogP contribution in [-0.4, -0.2) is 40.7 Å². The molecule has 2 heterocycles. The molecule has 0 saturated carbocycles. The number of hydrogen-bond acceptors (Lipinski definition) is 5. The minimum Gasteiger partial charge on any atom is -0.284 e. The Hall–Kier alpha value is -2.80. The second-order valence-corrected chi connectivity index (χ2v) is 8.34. The van der Waals surface area contributed by atoms with Crippen molar-refractivity contribution >= 4 is 34.2 Å². The number of rotatable bonds is 7. The first-order valence-corrected chi connectivity index (χ1v) is 10.8. The molecule has 0 radical (unpaired) electrons. The van der Waals surface area contributed by atoms with Gasteiger partial charge >= 0.3 is 0 Å². The number of carbonyl (C=O) groups excluding carboxylic acids is 3. The Labute approximate surface area is 173 Å². The predicted octanol–water partition coefficient (Wildman–Crippen LogP) is 3.62. The number of carbonyl (C=O) groups is 3. The van der Waals surface area contributed by atoms with Crippen LogP contribution in [0.1, 0.15) is 57.0 Å². The molecule has 29 heavy (non-hydrogen) atoms. The number of nitrogens with zero attached hydrogens (tertiary/aromatic N) is 3. The van der Waals surface area contributed by atoms with E-state index < -0.39 is 0 Å². The summed E-state index contributed by atoms with van der Waals surface area (Å²) < 4.78 is 0. The Morgan fingerprint density at radius 1 is 1.17 bits per heavy atom. The van der Waals surface area contributed by atoms with Gasteiger partial charge in [-0.3, -0.25) is 24.2 Å². The van der Waals surface area contributed by atoms with Gasteiger partial charge in [-0.2, -0.15) is 0 Å². The number of anilines is 1. The first-order valence-electron chi connectivity index (χ1n) is 9.95. The van der Waals surface area contributed by atoms with E-state index in [0.717, 1.165) is 30.1 Å². The van der Waals surface area contributed by atoms with Crippen molar-refractivity contribution in [2.75, 3.05) is 18.0 Å². The SMILES string of the molecule is C=CCN(C(=O)CCCN1C(=O)c2ccccc2C1=O)c1nc2c(s1)CCCC2. The standard InChI is InChI=1S/C22H23N3O3S/c1-2-13-24(22-23-17-10-5-6-11-18(17)29-22)19(26)12-7-14-25-20(27)15-8-3-4-9-16(15)21(25)28/h2-4,8-9H,1,5-7,10-14H2. The fourth-order valence-electron chi connectivity index (χ4n) is 3.84. The summed E-state index contributed by atoms with van der Waals surface area (Å²) in [6, 6.07) is 6.82. The molecule has 3 amide bonds. The summed E-state index contributed by atoms with van der Waals surface area (Å²) in [7, 11) is 0. The number of aryl methyl sites for hydroxylation is 2. The molecule has 0 saturated heterocycles. The second-order valence-electron chi connectivity index (χ2n) is 7.28. The van der Waals surface area contributed by atoms with E-state index in [1.165, 1.54) is 16.2 Å². The van der Waals surface area contributed by atoms with Gasteiger partial charge in [-0.15, -0.1) is 17.9 Å². The third-order valence-corrected chi connectivity index (χ3v) is 6.51. The van der Waals surface area contributed by atoms with Crippen molar-refractivity contribution < 1.29 is 14.4 Å². The van der Waals surface area contributed by atoms with Crippen LogP contribution < -0.4 is 4.90 Å². The first-order chi connectivity index (χ1) is 14.1. The van der Waals surface area contributed by atoms with Crippen LogP contribution in [0.5, 0.6) is 0 Å². The van der Waals surface area contributed by atoms with Crippen LogP contribution in [0.4, 0.5) is 5.13 Å². The quantitative estimate of drug-likeness (QED) is 0.517. The summed E-state index contributed by atoms with van der Waals surface area (Å²) in [5, 5.41) is 0.725. The molecule has 2 aromatic rings. The minimum absolute atomic E-state index is 0.0624. The largest absolute Gasteiger partial charge is 0.284 e. The summed E-state index contributed by atoms with van der Waals surface area (Å²) in [6.07, 6.45) is 6.68. The maximum atomic E-state index is 12.9. The molecule has 6 nitrogen and oxygen atoms in total. The molecule has 0 spiro atoms. The number of imide groups is 1. The maximum absolute atomic E-state index is 12.9. The zero-order valence-electron chi connectivity index (χ0n) is 16.2. The molecule has 1 aromatic carbocycles. The molecule has 4 rings (SSSR count). The lowest BCUT2D eigenvalue weighted by Gasteiger charge is -2.19. The van der Waals surface area contributed by atoms with Gasteiger partial charge in [0.1, 0.15) is 0 Å². The smallest absolute Gasteiger partial charge is 0.261 e. The highest BCUT2D eigenvalue weighted by Crippen LogP contribution is 2.32. The zero-order chi connectivity index (χ0) is 20.4. The molecule has 0 bridgehead atoms. The summed E-state index contributed by atoms with van der Waals surface area (Å²) in [4.78, 5) is 46.6. The number of amides is 3. The summed E-state index contributed by atoms with van der Waals surface area (Å²) >= 11 is 1.59. The topological polar surface area (TPSA) is 70.6 Å². The van der Waals surface area contributed by atoms with Crippen molar-refractivity contribution in [2.24, 2.45) is 0 Å². The Morgan fingerprint density at radius 2 is 1.86 bits per heavy atom. The van der Waals surface area contributed by atoms with E-state index in [9.17, 15) is 14.4 Å². The first kappa shape index (κ1) is 19.5.